The van der Waals surface area contributed by atoms with Crippen molar-refractivity contribution >= 4 is 23.9 Å². The van der Waals surface area contributed by atoms with Crippen LogP contribution in [0.2, 0.25) is 0 Å². The average Bonchev–Trinajstić information content (AvgIpc) is 2.01. The van der Waals surface area contributed by atoms with Crippen LogP contribution in [-0.2, 0) is 28.7 Å². The third-order valence-corrected chi connectivity index (χ3v) is 0.863. The number of carbonyl (C=O) groups is 4. The maximum absolute atomic E-state index is 10.4. The van der Waals surface area contributed by atoms with Gasteiger partial charge in [-0.15, -0.1) is 0 Å². The van der Waals surface area contributed by atoms with Crippen LogP contribution in [0.1, 0.15) is 6.92 Å². The molecular formula is C6H6O8. The molecule has 2 N–H and O–H groups in total. The minimum atomic E-state index is -2.24. The van der Waals surface area contributed by atoms with Gasteiger partial charge in [-0.1, -0.05) is 0 Å². The van der Waals surface area contributed by atoms with Gasteiger partial charge in [-0.2, -0.15) is 0 Å². The number of carbonyl (C=O) groups excluding carboxylic acids is 2. The van der Waals surface area contributed by atoms with Gasteiger partial charge in [0.15, 0.2) is 0 Å². The largest absolute Gasteiger partial charge is 0.476 e. The lowest BCUT2D eigenvalue weighted by atomic mass is 10.6. The topological polar surface area (TPSA) is 127 Å². The van der Waals surface area contributed by atoms with Crippen molar-refractivity contribution < 1.29 is 38.9 Å². The van der Waals surface area contributed by atoms with Crippen LogP contribution >= 0.6 is 0 Å². The van der Waals surface area contributed by atoms with Gasteiger partial charge in [-0.25, -0.2) is 14.4 Å². The number of hydrogen-bond acceptors (Lipinski definition) is 6. The summed E-state index contributed by atoms with van der Waals surface area (Å²) in [5, 5.41) is 16.3. The maximum Gasteiger partial charge on any atom is 0.420 e. The zero-order valence-corrected chi connectivity index (χ0v) is 6.92. The second kappa shape index (κ2) is 4.80. The highest BCUT2D eigenvalue weighted by atomic mass is 16.7. The quantitative estimate of drug-likeness (QED) is 0.327. The summed E-state index contributed by atoms with van der Waals surface area (Å²) in [7, 11) is 0. The molecule has 0 aromatic rings. The molecule has 0 saturated heterocycles. The summed E-state index contributed by atoms with van der Waals surface area (Å²) in [5.41, 5.74) is 0. The molecule has 0 heterocycles. The number of rotatable bonds is 3. The van der Waals surface area contributed by atoms with Gasteiger partial charge in [0.1, 0.15) is 0 Å². The number of hydrogen-bond donors (Lipinski definition) is 2. The second-order valence-electron chi connectivity index (χ2n) is 1.99. The minimum Gasteiger partial charge on any atom is -0.476 e. The van der Waals surface area contributed by atoms with E-state index >= 15 is 0 Å². The van der Waals surface area contributed by atoms with E-state index in [-0.39, 0.29) is 0 Å². The Kier molecular flexibility index (Phi) is 4.07. The van der Waals surface area contributed by atoms with Crippen molar-refractivity contribution in [3.8, 4) is 0 Å². The Morgan fingerprint density at radius 1 is 1.07 bits per heavy atom. The first-order chi connectivity index (χ1) is 6.34. The molecule has 0 bridgehead atoms. The Balaban J connectivity index is 4.38. The van der Waals surface area contributed by atoms with Crippen LogP contribution in [0, 0.1) is 0 Å². The van der Waals surface area contributed by atoms with E-state index in [4.69, 9.17) is 10.2 Å². The van der Waals surface area contributed by atoms with Gasteiger partial charge in [-0.3, -0.25) is 4.79 Å². The maximum atomic E-state index is 10.4. The number of carboxylic acids is 2. The zero-order valence-electron chi connectivity index (χ0n) is 6.92. The van der Waals surface area contributed by atoms with E-state index in [1.54, 1.807) is 0 Å². The first-order valence-corrected chi connectivity index (χ1v) is 3.18. The van der Waals surface area contributed by atoms with Crippen molar-refractivity contribution in [2.24, 2.45) is 0 Å². The smallest absolute Gasteiger partial charge is 0.420 e. The third kappa shape index (κ3) is 4.04. The van der Waals surface area contributed by atoms with Crippen LogP contribution in [-0.4, -0.2) is 40.4 Å². The fraction of sp³-hybridized carbons (Fsp3) is 0.333. The highest BCUT2D eigenvalue weighted by Crippen LogP contribution is 1.97. The van der Waals surface area contributed by atoms with Crippen LogP contribution in [0.4, 0.5) is 0 Å². The van der Waals surface area contributed by atoms with E-state index in [9.17, 15) is 19.2 Å². The molecule has 78 valence electrons. The summed E-state index contributed by atoms with van der Waals surface area (Å²) < 4.78 is 7.79. The normalized spacial score (nSPS) is 11.2. The Morgan fingerprint density at radius 3 is 1.86 bits per heavy atom. The summed E-state index contributed by atoms with van der Waals surface area (Å²) in [4.78, 5) is 40.8. The van der Waals surface area contributed by atoms with Crippen LogP contribution in [0.15, 0.2) is 0 Å². The molecule has 0 aliphatic rings. The highest BCUT2D eigenvalue weighted by Gasteiger charge is 2.28. The standard InChI is InChI=1S/C6H6O8/c1-2(7)13-6(4(10)11)14-5(12)3(8)9/h6H,1H3,(H,8,9)(H,10,11). The van der Waals surface area contributed by atoms with Crippen molar-refractivity contribution in [3.63, 3.8) is 0 Å². The summed E-state index contributed by atoms with van der Waals surface area (Å²) in [6.45, 7) is 0.880. The fourth-order valence-electron chi connectivity index (χ4n) is 0.423. The van der Waals surface area contributed by atoms with Gasteiger partial charge in [0.25, 0.3) is 0 Å². The predicted octanol–water partition coefficient (Wildman–Crippen LogP) is -1.41. The fourth-order valence-corrected chi connectivity index (χ4v) is 0.423. The molecule has 8 nitrogen and oxygen atoms in total. The zero-order chi connectivity index (χ0) is 11.3. The van der Waals surface area contributed by atoms with Crippen LogP contribution in [0.25, 0.3) is 0 Å². The molecule has 0 fully saturated rings. The summed E-state index contributed by atoms with van der Waals surface area (Å²) >= 11 is 0. The van der Waals surface area contributed by atoms with Crippen molar-refractivity contribution in [1.82, 2.24) is 0 Å². The molecule has 0 rings (SSSR count). The van der Waals surface area contributed by atoms with E-state index in [0.29, 0.717) is 0 Å². The number of esters is 2. The molecule has 0 aromatic heterocycles. The van der Waals surface area contributed by atoms with E-state index in [0.717, 1.165) is 6.92 Å². The average molecular weight is 206 g/mol. The molecule has 0 aliphatic carbocycles. The molecular weight excluding hydrogens is 200 g/mol. The molecule has 0 amide bonds. The van der Waals surface area contributed by atoms with E-state index in [2.05, 4.69) is 9.47 Å². The lowest BCUT2D eigenvalue weighted by Gasteiger charge is -2.10. The van der Waals surface area contributed by atoms with Gasteiger partial charge in [0.05, 0.1) is 0 Å². The van der Waals surface area contributed by atoms with Gasteiger partial charge >= 0.3 is 30.2 Å². The number of carboxylic acid groups (broad SMARTS) is 2. The lowest BCUT2D eigenvalue weighted by molar-refractivity contribution is -0.202. The highest BCUT2D eigenvalue weighted by molar-refractivity contribution is 6.28. The Morgan fingerprint density at radius 2 is 1.57 bits per heavy atom. The molecule has 1 unspecified atom stereocenters. The van der Waals surface area contributed by atoms with Crippen LogP contribution in [0.5, 0.6) is 0 Å². The van der Waals surface area contributed by atoms with Crippen molar-refractivity contribution in [1.29, 1.82) is 0 Å². The Hall–Kier alpha value is -2.12. The summed E-state index contributed by atoms with van der Waals surface area (Å²) in [6.07, 6.45) is -2.24. The first kappa shape index (κ1) is 11.9. The summed E-state index contributed by atoms with van der Waals surface area (Å²) in [6, 6.07) is 0. The molecule has 14 heavy (non-hydrogen) atoms. The van der Waals surface area contributed by atoms with E-state index < -0.39 is 30.2 Å². The molecule has 0 aliphatic heterocycles. The van der Waals surface area contributed by atoms with Gasteiger partial charge in [-0.05, 0) is 0 Å². The van der Waals surface area contributed by atoms with Crippen molar-refractivity contribution in [2.75, 3.05) is 0 Å². The molecule has 8 heteroatoms. The number of ether oxygens (including phenoxy) is 2. The molecule has 0 radical (unpaired) electrons. The predicted molar refractivity (Wildman–Crippen MR) is 36.9 cm³/mol. The molecule has 0 spiro atoms. The second-order valence-corrected chi connectivity index (χ2v) is 1.99. The lowest BCUT2D eigenvalue weighted by Crippen LogP contribution is -2.33. The van der Waals surface area contributed by atoms with E-state index in [1.807, 2.05) is 0 Å². The van der Waals surface area contributed by atoms with Crippen LogP contribution < -0.4 is 0 Å². The van der Waals surface area contributed by atoms with Crippen molar-refractivity contribution in [2.45, 2.75) is 13.2 Å². The van der Waals surface area contributed by atoms with Gasteiger partial charge < -0.3 is 19.7 Å². The Bertz CT molecular complexity index is 280. The van der Waals surface area contributed by atoms with Gasteiger partial charge in [0.2, 0.25) is 0 Å². The third-order valence-electron chi connectivity index (χ3n) is 0.863. The van der Waals surface area contributed by atoms with Crippen molar-refractivity contribution in [3.05, 3.63) is 0 Å². The minimum absolute atomic E-state index is 0.880. The van der Waals surface area contributed by atoms with Gasteiger partial charge in [0, 0.05) is 6.92 Å². The molecule has 1 atom stereocenters. The monoisotopic (exact) mass is 206 g/mol. The molecule has 0 aromatic carbocycles. The summed E-state index contributed by atoms with van der Waals surface area (Å²) in [5.74, 6) is -6.60. The SMILES string of the molecule is CC(=O)OC(OC(=O)C(=O)O)C(=O)O. The number of aliphatic carboxylic acids is 2. The van der Waals surface area contributed by atoms with Crippen LogP contribution in [0.3, 0.4) is 0 Å². The molecule has 0 saturated carbocycles. The van der Waals surface area contributed by atoms with E-state index in [1.165, 1.54) is 0 Å². The Labute approximate surface area is 77.0 Å². The first-order valence-electron chi connectivity index (χ1n) is 3.18.